The van der Waals surface area contributed by atoms with Gasteiger partial charge in [-0.05, 0) is 18.9 Å². The molecule has 0 saturated carbocycles. The quantitative estimate of drug-likeness (QED) is 0.645. The highest BCUT2D eigenvalue weighted by Gasteiger charge is 2.16. The second-order valence-electron chi connectivity index (χ2n) is 3.16. The molecule has 0 aromatic heterocycles. The third kappa shape index (κ3) is 3.18. The Bertz CT molecular complexity index is 102. The SMILES string of the molecule is C[C@@H](CN)CO[C@@H]1CCOC1. The van der Waals surface area contributed by atoms with Crippen molar-refractivity contribution in [3.05, 3.63) is 0 Å². The first-order valence-corrected chi connectivity index (χ1v) is 4.22. The molecular weight excluding hydrogens is 142 g/mol. The first-order chi connectivity index (χ1) is 5.33. The molecule has 1 aliphatic heterocycles. The zero-order valence-electron chi connectivity index (χ0n) is 7.08. The topological polar surface area (TPSA) is 44.5 Å². The van der Waals surface area contributed by atoms with Crippen molar-refractivity contribution in [2.45, 2.75) is 19.4 Å². The Kier molecular flexibility index (Phi) is 3.83. The van der Waals surface area contributed by atoms with Gasteiger partial charge < -0.3 is 15.2 Å². The summed E-state index contributed by atoms with van der Waals surface area (Å²) < 4.78 is 10.7. The predicted octanol–water partition coefficient (Wildman–Crippen LogP) is 0.387. The van der Waals surface area contributed by atoms with E-state index in [1.807, 2.05) is 0 Å². The van der Waals surface area contributed by atoms with E-state index in [1.165, 1.54) is 0 Å². The summed E-state index contributed by atoms with van der Waals surface area (Å²) in [6.07, 6.45) is 1.36. The number of ether oxygens (including phenoxy) is 2. The largest absolute Gasteiger partial charge is 0.379 e. The van der Waals surface area contributed by atoms with Crippen LogP contribution in [0.5, 0.6) is 0 Å². The van der Waals surface area contributed by atoms with Gasteiger partial charge in [0, 0.05) is 6.61 Å². The minimum Gasteiger partial charge on any atom is -0.379 e. The molecule has 0 bridgehead atoms. The Morgan fingerprint density at radius 1 is 1.73 bits per heavy atom. The van der Waals surface area contributed by atoms with Crippen LogP contribution in [0.2, 0.25) is 0 Å². The van der Waals surface area contributed by atoms with E-state index in [0.717, 1.165) is 26.2 Å². The van der Waals surface area contributed by atoms with Crippen LogP contribution in [-0.2, 0) is 9.47 Å². The van der Waals surface area contributed by atoms with E-state index in [2.05, 4.69) is 6.92 Å². The summed E-state index contributed by atoms with van der Waals surface area (Å²) in [6.45, 7) is 5.17. The van der Waals surface area contributed by atoms with Crippen molar-refractivity contribution in [3.63, 3.8) is 0 Å². The van der Waals surface area contributed by atoms with Crippen LogP contribution in [0.3, 0.4) is 0 Å². The van der Waals surface area contributed by atoms with Crippen LogP contribution in [0, 0.1) is 5.92 Å². The molecule has 3 nitrogen and oxygen atoms in total. The zero-order chi connectivity index (χ0) is 8.10. The molecule has 1 rings (SSSR count). The van der Waals surface area contributed by atoms with E-state index in [1.54, 1.807) is 0 Å². The molecule has 0 spiro atoms. The summed E-state index contributed by atoms with van der Waals surface area (Å²) >= 11 is 0. The first kappa shape index (κ1) is 8.97. The van der Waals surface area contributed by atoms with Gasteiger partial charge in [-0.25, -0.2) is 0 Å². The maximum absolute atomic E-state index is 5.55. The lowest BCUT2D eigenvalue weighted by molar-refractivity contribution is 0.0265. The summed E-state index contributed by atoms with van der Waals surface area (Å²) in [5, 5.41) is 0. The molecule has 0 radical (unpaired) electrons. The fourth-order valence-electron chi connectivity index (χ4n) is 1.01. The summed E-state index contributed by atoms with van der Waals surface area (Å²) in [5.41, 5.74) is 5.45. The highest BCUT2D eigenvalue weighted by molar-refractivity contribution is 4.63. The normalized spacial score (nSPS) is 27.3. The van der Waals surface area contributed by atoms with Crippen molar-refractivity contribution in [1.82, 2.24) is 0 Å². The second-order valence-corrected chi connectivity index (χ2v) is 3.16. The van der Waals surface area contributed by atoms with Gasteiger partial charge in [0.15, 0.2) is 0 Å². The fraction of sp³-hybridized carbons (Fsp3) is 1.00. The Balaban J connectivity index is 2.01. The minimum atomic E-state index is 0.323. The third-order valence-electron chi connectivity index (χ3n) is 1.91. The molecular formula is C8H17NO2. The Morgan fingerprint density at radius 2 is 2.55 bits per heavy atom. The highest BCUT2D eigenvalue weighted by atomic mass is 16.5. The molecule has 1 fully saturated rings. The summed E-state index contributed by atoms with van der Waals surface area (Å²) in [5.74, 6) is 0.468. The molecule has 1 aliphatic rings. The van der Waals surface area contributed by atoms with Gasteiger partial charge in [0.25, 0.3) is 0 Å². The molecule has 1 heterocycles. The van der Waals surface area contributed by atoms with Gasteiger partial charge in [-0.2, -0.15) is 0 Å². The maximum atomic E-state index is 5.55. The van der Waals surface area contributed by atoms with E-state index < -0.39 is 0 Å². The number of hydrogen-bond donors (Lipinski definition) is 1. The number of rotatable bonds is 4. The van der Waals surface area contributed by atoms with E-state index in [-0.39, 0.29) is 0 Å². The van der Waals surface area contributed by atoms with Crippen LogP contribution < -0.4 is 5.73 Å². The van der Waals surface area contributed by atoms with Gasteiger partial charge in [0.2, 0.25) is 0 Å². The van der Waals surface area contributed by atoms with Crippen LogP contribution in [-0.4, -0.2) is 32.5 Å². The molecule has 11 heavy (non-hydrogen) atoms. The monoisotopic (exact) mass is 159 g/mol. The highest BCUT2D eigenvalue weighted by Crippen LogP contribution is 2.09. The molecule has 0 aromatic rings. The Morgan fingerprint density at radius 3 is 3.09 bits per heavy atom. The van der Waals surface area contributed by atoms with Gasteiger partial charge in [-0.3, -0.25) is 0 Å². The second kappa shape index (κ2) is 4.70. The van der Waals surface area contributed by atoms with E-state index in [9.17, 15) is 0 Å². The van der Waals surface area contributed by atoms with Crippen molar-refractivity contribution in [2.75, 3.05) is 26.4 Å². The van der Waals surface area contributed by atoms with Crippen molar-refractivity contribution >= 4 is 0 Å². The summed E-state index contributed by atoms with van der Waals surface area (Å²) in [6, 6.07) is 0. The standard InChI is InChI=1S/C8H17NO2/c1-7(4-9)5-11-8-2-3-10-6-8/h7-8H,2-6,9H2,1H3/t7-,8+/m0/s1. The smallest absolute Gasteiger partial charge is 0.0830 e. The lowest BCUT2D eigenvalue weighted by Crippen LogP contribution is -2.21. The summed E-state index contributed by atoms with van der Waals surface area (Å²) in [7, 11) is 0. The predicted molar refractivity (Wildman–Crippen MR) is 43.4 cm³/mol. The fourth-order valence-corrected chi connectivity index (χ4v) is 1.01. The lowest BCUT2D eigenvalue weighted by Gasteiger charge is -2.13. The number of hydrogen-bond acceptors (Lipinski definition) is 3. The zero-order valence-corrected chi connectivity index (χ0v) is 7.08. The van der Waals surface area contributed by atoms with Crippen molar-refractivity contribution in [1.29, 1.82) is 0 Å². The molecule has 2 N–H and O–H groups in total. The molecule has 0 aliphatic carbocycles. The van der Waals surface area contributed by atoms with E-state index in [4.69, 9.17) is 15.2 Å². The lowest BCUT2D eigenvalue weighted by atomic mass is 10.2. The van der Waals surface area contributed by atoms with Gasteiger partial charge in [-0.15, -0.1) is 0 Å². The van der Waals surface area contributed by atoms with Crippen LogP contribution in [0.4, 0.5) is 0 Å². The van der Waals surface area contributed by atoms with Crippen LogP contribution in [0.1, 0.15) is 13.3 Å². The van der Waals surface area contributed by atoms with Gasteiger partial charge in [-0.1, -0.05) is 6.92 Å². The van der Waals surface area contributed by atoms with Crippen molar-refractivity contribution in [2.24, 2.45) is 11.7 Å². The first-order valence-electron chi connectivity index (χ1n) is 4.22. The Labute approximate surface area is 67.9 Å². The molecule has 0 unspecified atom stereocenters. The van der Waals surface area contributed by atoms with E-state index >= 15 is 0 Å². The average Bonchev–Trinajstić information content (AvgIpc) is 2.52. The minimum absolute atomic E-state index is 0.323. The number of nitrogens with two attached hydrogens (primary N) is 1. The molecule has 0 amide bonds. The van der Waals surface area contributed by atoms with Crippen molar-refractivity contribution in [3.8, 4) is 0 Å². The Hall–Kier alpha value is -0.120. The molecule has 1 saturated heterocycles. The molecule has 66 valence electrons. The van der Waals surface area contributed by atoms with Gasteiger partial charge in [0.1, 0.15) is 0 Å². The van der Waals surface area contributed by atoms with Crippen LogP contribution in [0.15, 0.2) is 0 Å². The third-order valence-corrected chi connectivity index (χ3v) is 1.91. The molecule has 2 atom stereocenters. The average molecular weight is 159 g/mol. The van der Waals surface area contributed by atoms with Crippen LogP contribution in [0.25, 0.3) is 0 Å². The maximum Gasteiger partial charge on any atom is 0.0830 e. The van der Waals surface area contributed by atoms with Crippen LogP contribution >= 0.6 is 0 Å². The van der Waals surface area contributed by atoms with Gasteiger partial charge >= 0.3 is 0 Å². The molecule has 0 aromatic carbocycles. The molecule has 3 heteroatoms. The van der Waals surface area contributed by atoms with E-state index in [0.29, 0.717) is 18.6 Å². The van der Waals surface area contributed by atoms with Crippen molar-refractivity contribution < 1.29 is 9.47 Å². The van der Waals surface area contributed by atoms with Gasteiger partial charge in [0.05, 0.1) is 19.3 Å². The summed E-state index contributed by atoms with van der Waals surface area (Å²) in [4.78, 5) is 0.